The van der Waals surface area contributed by atoms with Gasteiger partial charge in [0, 0.05) is 36.0 Å². The molecule has 6 heteroatoms. The fourth-order valence-corrected chi connectivity index (χ4v) is 3.51. The third kappa shape index (κ3) is 2.29. The van der Waals surface area contributed by atoms with Crippen molar-refractivity contribution < 1.29 is 9.18 Å². The molecule has 4 rings (SSSR count). The lowest BCUT2D eigenvalue weighted by Gasteiger charge is -2.23. The number of aromatic nitrogens is 2. The van der Waals surface area contributed by atoms with Crippen LogP contribution in [0.4, 0.5) is 9.18 Å². The van der Waals surface area contributed by atoms with Crippen LogP contribution in [0.5, 0.6) is 0 Å². The molecule has 2 fully saturated rings. The molecule has 1 saturated heterocycles. The summed E-state index contributed by atoms with van der Waals surface area (Å²) < 4.78 is 15.0. The molecule has 2 heterocycles. The highest BCUT2D eigenvalue weighted by molar-refractivity contribution is 5.78. The number of amides is 1. The van der Waals surface area contributed by atoms with Crippen LogP contribution in [0.25, 0.3) is 11.1 Å². The lowest BCUT2D eigenvalue weighted by molar-refractivity contribution is 0.230. The zero-order valence-electron chi connectivity index (χ0n) is 12.0. The Morgan fingerprint density at radius 2 is 2.23 bits per heavy atom. The summed E-state index contributed by atoms with van der Waals surface area (Å²) in [5.41, 5.74) is 1.05. The number of benzene rings is 1. The van der Waals surface area contributed by atoms with E-state index in [9.17, 15) is 9.18 Å². The van der Waals surface area contributed by atoms with Gasteiger partial charge in [0.2, 0.25) is 0 Å². The summed E-state index contributed by atoms with van der Waals surface area (Å²) >= 11 is 0. The highest BCUT2D eigenvalue weighted by Gasteiger charge is 2.40. The molecule has 1 amide bonds. The largest absolute Gasteiger partial charge is 0.342 e. The third-order valence-corrected chi connectivity index (χ3v) is 4.65. The number of hydrogen-bond acceptors (Lipinski definition) is 3. The van der Waals surface area contributed by atoms with Crippen LogP contribution in [0.3, 0.4) is 0 Å². The molecule has 1 aromatic heterocycles. The van der Waals surface area contributed by atoms with Gasteiger partial charge < -0.3 is 10.6 Å². The monoisotopic (exact) mass is 300 g/mol. The van der Waals surface area contributed by atoms with E-state index in [1.54, 1.807) is 24.4 Å². The number of carbonyl (C=O) groups is 1. The van der Waals surface area contributed by atoms with Crippen LogP contribution in [-0.2, 0) is 0 Å². The topological polar surface area (TPSA) is 59.0 Å². The maximum atomic E-state index is 13.8. The number of carbonyl (C=O) groups excluding carboxylic acids is 1. The Balaban J connectivity index is 1.49. The van der Waals surface area contributed by atoms with Gasteiger partial charge in [-0.15, -0.1) is 0 Å². The summed E-state index contributed by atoms with van der Waals surface area (Å²) in [6.07, 6.45) is 5.18. The number of fused-ring (bicyclic) bond motifs is 2. The van der Waals surface area contributed by atoms with Crippen molar-refractivity contribution in [2.45, 2.75) is 24.9 Å². The molecular weight excluding hydrogens is 283 g/mol. The molecule has 2 aliphatic rings. The summed E-state index contributed by atoms with van der Waals surface area (Å²) in [7, 11) is 0. The fraction of sp³-hybridized carbons (Fsp3) is 0.375. The summed E-state index contributed by atoms with van der Waals surface area (Å²) in [6.45, 7) is 0.967. The van der Waals surface area contributed by atoms with E-state index in [0.29, 0.717) is 23.1 Å². The van der Waals surface area contributed by atoms with Crippen molar-refractivity contribution in [2.24, 2.45) is 5.92 Å². The Morgan fingerprint density at radius 1 is 1.36 bits per heavy atom. The standard InChI is InChI=1S/C16H17FN4O/c17-14-4-2-1-3-13(14)11-8-19-21(9-11)16(22)20-15-6-12-5-10(15)7-18-12/h1-4,8-10,12,15,18H,5-7H2,(H,20,22). The summed E-state index contributed by atoms with van der Waals surface area (Å²) in [5, 5.41) is 10.5. The Morgan fingerprint density at radius 3 is 2.95 bits per heavy atom. The summed E-state index contributed by atoms with van der Waals surface area (Å²) in [5.74, 6) is 0.192. The highest BCUT2D eigenvalue weighted by atomic mass is 19.1. The minimum Gasteiger partial charge on any atom is -0.333 e. The summed E-state index contributed by atoms with van der Waals surface area (Å²) in [4.78, 5) is 12.3. The van der Waals surface area contributed by atoms with Crippen LogP contribution < -0.4 is 10.6 Å². The first-order valence-electron chi connectivity index (χ1n) is 7.54. The third-order valence-electron chi connectivity index (χ3n) is 4.65. The van der Waals surface area contributed by atoms with Crippen molar-refractivity contribution in [3.8, 4) is 11.1 Å². The van der Waals surface area contributed by atoms with Crippen molar-refractivity contribution in [2.75, 3.05) is 6.54 Å². The molecule has 1 aromatic carbocycles. The quantitative estimate of drug-likeness (QED) is 0.892. The zero-order chi connectivity index (χ0) is 15.1. The van der Waals surface area contributed by atoms with Gasteiger partial charge in [-0.2, -0.15) is 9.78 Å². The first kappa shape index (κ1) is 13.5. The second-order valence-corrected chi connectivity index (χ2v) is 6.05. The van der Waals surface area contributed by atoms with Gasteiger partial charge in [0.25, 0.3) is 0 Å². The van der Waals surface area contributed by atoms with E-state index in [4.69, 9.17) is 0 Å². The molecule has 0 spiro atoms. The molecule has 1 aliphatic carbocycles. The van der Waals surface area contributed by atoms with Crippen molar-refractivity contribution >= 4 is 6.03 Å². The van der Waals surface area contributed by atoms with Crippen LogP contribution in [-0.4, -0.2) is 34.4 Å². The average Bonchev–Trinajstić information content (AvgIpc) is 3.24. The van der Waals surface area contributed by atoms with Gasteiger partial charge in [0.05, 0.1) is 6.20 Å². The minimum absolute atomic E-state index is 0.208. The lowest BCUT2D eigenvalue weighted by Crippen LogP contribution is -2.45. The van der Waals surface area contributed by atoms with E-state index in [1.165, 1.54) is 16.9 Å². The molecule has 2 bridgehead atoms. The van der Waals surface area contributed by atoms with E-state index in [-0.39, 0.29) is 17.9 Å². The molecule has 5 nitrogen and oxygen atoms in total. The number of nitrogens with one attached hydrogen (secondary N) is 2. The lowest BCUT2D eigenvalue weighted by atomic mass is 10.0. The smallest absolute Gasteiger partial charge is 0.333 e. The van der Waals surface area contributed by atoms with Crippen molar-refractivity contribution in [3.63, 3.8) is 0 Å². The first-order chi connectivity index (χ1) is 10.7. The maximum absolute atomic E-state index is 13.8. The van der Waals surface area contributed by atoms with Crippen LogP contribution in [0, 0.1) is 11.7 Å². The van der Waals surface area contributed by atoms with Gasteiger partial charge in [0.1, 0.15) is 5.82 Å². The van der Waals surface area contributed by atoms with Crippen LogP contribution in [0.15, 0.2) is 36.7 Å². The summed E-state index contributed by atoms with van der Waals surface area (Å²) in [6, 6.07) is 6.96. The normalized spacial score (nSPS) is 26.3. The number of hydrogen-bond donors (Lipinski definition) is 2. The molecule has 114 valence electrons. The van der Waals surface area contributed by atoms with Crippen molar-refractivity contribution in [1.29, 1.82) is 0 Å². The number of rotatable bonds is 2. The fourth-order valence-electron chi connectivity index (χ4n) is 3.51. The van der Waals surface area contributed by atoms with Crippen LogP contribution in [0.2, 0.25) is 0 Å². The predicted octanol–water partition coefficient (Wildman–Crippen LogP) is 2.00. The van der Waals surface area contributed by atoms with E-state index in [2.05, 4.69) is 15.7 Å². The van der Waals surface area contributed by atoms with Crippen molar-refractivity contribution in [3.05, 3.63) is 42.5 Å². The predicted molar refractivity (Wildman–Crippen MR) is 79.9 cm³/mol. The number of halogens is 1. The van der Waals surface area contributed by atoms with Gasteiger partial charge in [-0.25, -0.2) is 9.18 Å². The van der Waals surface area contributed by atoms with Gasteiger partial charge in [-0.05, 0) is 24.8 Å². The molecule has 22 heavy (non-hydrogen) atoms. The molecule has 3 atom stereocenters. The van der Waals surface area contributed by atoms with E-state index in [1.807, 2.05) is 0 Å². The van der Waals surface area contributed by atoms with E-state index < -0.39 is 0 Å². The second-order valence-electron chi connectivity index (χ2n) is 6.05. The Hall–Kier alpha value is -2.21. The van der Waals surface area contributed by atoms with E-state index in [0.717, 1.165) is 19.4 Å². The molecule has 2 aromatic rings. The number of piperidine rings is 1. The SMILES string of the molecule is O=C(NC1CC2CC1CN2)n1cc(-c2ccccc2F)cn1. The molecule has 3 unspecified atom stereocenters. The molecular formula is C16H17FN4O. The van der Waals surface area contributed by atoms with Crippen LogP contribution in [0.1, 0.15) is 12.8 Å². The van der Waals surface area contributed by atoms with Crippen LogP contribution >= 0.6 is 0 Å². The molecule has 1 saturated carbocycles. The first-order valence-corrected chi connectivity index (χ1v) is 7.54. The van der Waals surface area contributed by atoms with Gasteiger partial charge in [0.15, 0.2) is 0 Å². The van der Waals surface area contributed by atoms with Gasteiger partial charge >= 0.3 is 6.03 Å². The van der Waals surface area contributed by atoms with Crippen molar-refractivity contribution in [1.82, 2.24) is 20.4 Å². The second kappa shape index (κ2) is 5.21. The van der Waals surface area contributed by atoms with E-state index >= 15 is 0 Å². The average molecular weight is 300 g/mol. The Labute approximate surface area is 127 Å². The Bertz CT molecular complexity index is 714. The zero-order valence-corrected chi connectivity index (χ0v) is 12.0. The molecule has 1 aliphatic heterocycles. The molecule has 2 N–H and O–H groups in total. The maximum Gasteiger partial charge on any atom is 0.342 e. The Kier molecular flexibility index (Phi) is 3.18. The minimum atomic E-state index is -0.318. The van der Waals surface area contributed by atoms with Gasteiger partial charge in [-0.3, -0.25) is 0 Å². The van der Waals surface area contributed by atoms with Gasteiger partial charge in [-0.1, -0.05) is 18.2 Å². The number of nitrogens with zero attached hydrogens (tertiary/aromatic N) is 2. The molecule has 0 radical (unpaired) electrons. The highest BCUT2D eigenvalue weighted by Crippen LogP contribution is 2.31.